The smallest absolute Gasteiger partial charge is 0.334 e. The highest BCUT2D eigenvalue weighted by atomic mass is 16.5. The van der Waals surface area contributed by atoms with E-state index in [9.17, 15) is 4.79 Å². The van der Waals surface area contributed by atoms with Gasteiger partial charge >= 0.3 is 5.97 Å². The Balaban J connectivity index is 2.19. The molecule has 0 unspecified atom stereocenters. The summed E-state index contributed by atoms with van der Waals surface area (Å²) in [6, 6.07) is 9.96. The maximum atomic E-state index is 11.3. The summed E-state index contributed by atoms with van der Waals surface area (Å²) in [6.07, 6.45) is 0.686. The summed E-state index contributed by atoms with van der Waals surface area (Å²) in [5, 5.41) is 0. The third-order valence-corrected chi connectivity index (χ3v) is 2.41. The van der Waals surface area contributed by atoms with Crippen molar-refractivity contribution in [3.05, 3.63) is 47.0 Å². The average Bonchev–Trinajstić information content (AvgIpc) is 2.51. The minimum absolute atomic E-state index is 0.161. The number of hydrogen-bond acceptors (Lipinski definition) is 2. The van der Waals surface area contributed by atoms with E-state index in [-0.39, 0.29) is 5.97 Å². The van der Waals surface area contributed by atoms with Gasteiger partial charge in [0.1, 0.15) is 6.61 Å². The zero-order valence-corrected chi connectivity index (χ0v) is 8.12. The molecule has 0 amide bonds. The second-order valence-corrected chi connectivity index (χ2v) is 3.50. The molecule has 0 N–H and O–H groups in total. The molecule has 0 bridgehead atoms. The topological polar surface area (TPSA) is 26.3 Å². The molecule has 0 radical (unpaired) electrons. The van der Waals surface area contributed by atoms with Gasteiger partial charge in [0.2, 0.25) is 0 Å². The van der Waals surface area contributed by atoms with E-state index in [1.807, 2.05) is 37.3 Å². The summed E-state index contributed by atoms with van der Waals surface area (Å²) in [4.78, 5) is 11.3. The Labute approximate surface area is 83.2 Å². The molecule has 2 heteroatoms. The standard InChI is InChI=1S/C12H12O2/c1-9-8-14-12(13)11(9)7-10-5-3-2-4-6-10/h2-6H,7-8H2,1H3. The molecule has 0 aromatic heterocycles. The van der Waals surface area contributed by atoms with Crippen LogP contribution in [0, 0.1) is 0 Å². The molecule has 0 spiro atoms. The van der Waals surface area contributed by atoms with E-state index >= 15 is 0 Å². The van der Waals surface area contributed by atoms with Crippen LogP contribution in [0.15, 0.2) is 41.5 Å². The molecule has 0 atom stereocenters. The minimum atomic E-state index is -0.161. The number of rotatable bonds is 2. The lowest BCUT2D eigenvalue weighted by Crippen LogP contribution is -2.02. The number of ether oxygens (including phenoxy) is 1. The highest BCUT2D eigenvalue weighted by Gasteiger charge is 2.21. The van der Waals surface area contributed by atoms with Crippen molar-refractivity contribution in [2.75, 3.05) is 6.61 Å². The Kier molecular flexibility index (Phi) is 2.35. The summed E-state index contributed by atoms with van der Waals surface area (Å²) in [6.45, 7) is 2.41. The summed E-state index contributed by atoms with van der Waals surface area (Å²) >= 11 is 0. The van der Waals surface area contributed by atoms with Gasteiger partial charge in [0.05, 0.1) is 0 Å². The van der Waals surface area contributed by atoms with Gasteiger partial charge in [0.15, 0.2) is 0 Å². The first-order valence-electron chi connectivity index (χ1n) is 4.67. The summed E-state index contributed by atoms with van der Waals surface area (Å²) in [7, 11) is 0. The van der Waals surface area contributed by atoms with Crippen molar-refractivity contribution in [3.8, 4) is 0 Å². The molecular weight excluding hydrogens is 176 g/mol. The molecule has 0 saturated carbocycles. The lowest BCUT2D eigenvalue weighted by molar-refractivity contribution is -0.136. The van der Waals surface area contributed by atoms with Gasteiger partial charge in [-0.05, 0) is 18.1 Å². The van der Waals surface area contributed by atoms with Crippen molar-refractivity contribution in [2.45, 2.75) is 13.3 Å². The molecule has 2 nitrogen and oxygen atoms in total. The minimum Gasteiger partial charge on any atom is -0.458 e. The van der Waals surface area contributed by atoms with Crippen molar-refractivity contribution < 1.29 is 9.53 Å². The molecule has 2 rings (SSSR count). The fourth-order valence-electron chi connectivity index (χ4n) is 1.55. The molecule has 1 aromatic rings. The first-order chi connectivity index (χ1) is 6.77. The molecule has 72 valence electrons. The lowest BCUT2D eigenvalue weighted by atomic mass is 10.0. The zero-order valence-electron chi connectivity index (χ0n) is 8.12. The number of hydrogen-bond donors (Lipinski definition) is 0. The number of carbonyl (C=O) groups excluding carboxylic acids is 1. The molecule has 1 aromatic carbocycles. The van der Waals surface area contributed by atoms with E-state index < -0.39 is 0 Å². The number of benzene rings is 1. The molecule has 1 heterocycles. The van der Waals surface area contributed by atoms with E-state index in [0.29, 0.717) is 13.0 Å². The fourth-order valence-corrected chi connectivity index (χ4v) is 1.55. The lowest BCUT2D eigenvalue weighted by Gasteiger charge is -2.00. The van der Waals surface area contributed by atoms with Crippen LogP contribution in [-0.4, -0.2) is 12.6 Å². The first kappa shape index (κ1) is 9.00. The van der Waals surface area contributed by atoms with E-state index in [1.165, 1.54) is 0 Å². The van der Waals surface area contributed by atoms with Gasteiger partial charge in [-0.15, -0.1) is 0 Å². The fraction of sp³-hybridized carbons (Fsp3) is 0.250. The van der Waals surface area contributed by atoms with Gasteiger partial charge in [-0.1, -0.05) is 30.3 Å². The van der Waals surface area contributed by atoms with Crippen LogP contribution in [0.2, 0.25) is 0 Å². The van der Waals surface area contributed by atoms with Gasteiger partial charge in [-0.2, -0.15) is 0 Å². The van der Waals surface area contributed by atoms with E-state index in [1.54, 1.807) is 0 Å². The predicted molar refractivity (Wildman–Crippen MR) is 53.8 cm³/mol. The highest BCUT2D eigenvalue weighted by molar-refractivity contribution is 5.92. The van der Waals surface area contributed by atoms with Crippen molar-refractivity contribution in [1.82, 2.24) is 0 Å². The van der Waals surface area contributed by atoms with Crippen molar-refractivity contribution >= 4 is 5.97 Å². The monoisotopic (exact) mass is 188 g/mol. The summed E-state index contributed by atoms with van der Waals surface area (Å²) in [5.41, 5.74) is 3.02. The summed E-state index contributed by atoms with van der Waals surface area (Å²) in [5.74, 6) is -0.161. The second-order valence-electron chi connectivity index (χ2n) is 3.50. The van der Waals surface area contributed by atoms with Gasteiger partial charge in [0.25, 0.3) is 0 Å². The maximum absolute atomic E-state index is 11.3. The van der Waals surface area contributed by atoms with Crippen molar-refractivity contribution in [1.29, 1.82) is 0 Å². The van der Waals surface area contributed by atoms with Crippen LogP contribution in [0.1, 0.15) is 12.5 Å². The van der Waals surface area contributed by atoms with Crippen molar-refractivity contribution in [3.63, 3.8) is 0 Å². The Morgan fingerprint density at radius 2 is 2.00 bits per heavy atom. The van der Waals surface area contributed by atoms with Crippen LogP contribution in [0.5, 0.6) is 0 Å². The highest BCUT2D eigenvalue weighted by Crippen LogP contribution is 2.19. The molecule has 0 fully saturated rings. The third-order valence-electron chi connectivity index (χ3n) is 2.41. The van der Waals surface area contributed by atoms with Gasteiger partial charge in [0, 0.05) is 12.0 Å². The largest absolute Gasteiger partial charge is 0.458 e. The normalized spacial score (nSPS) is 15.9. The van der Waals surface area contributed by atoms with Crippen LogP contribution in [0.3, 0.4) is 0 Å². The van der Waals surface area contributed by atoms with Crippen molar-refractivity contribution in [2.24, 2.45) is 0 Å². The number of esters is 1. The quantitative estimate of drug-likeness (QED) is 0.664. The zero-order chi connectivity index (χ0) is 9.97. The molecular formula is C12H12O2. The average molecular weight is 188 g/mol. The SMILES string of the molecule is CC1=C(Cc2ccccc2)C(=O)OC1. The Morgan fingerprint density at radius 3 is 2.57 bits per heavy atom. The second kappa shape index (κ2) is 3.66. The number of cyclic esters (lactones) is 1. The van der Waals surface area contributed by atoms with Gasteiger partial charge < -0.3 is 4.74 Å². The number of carbonyl (C=O) groups is 1. The maximum Gasteiger partial charge on any atom is 0.334 e. The van der Waals surface area contributed by atoms with Gasteiger partial charge in [-0.3, -0.25) is 0 Å². The Morgan fingerprint density at radius 1 is 1.29 bits per heavy atom. The Hall–Kier alpha value is -1.57. The molecule has 0 saturated heterocycles. The van der Waals surface area contributed by atoms with Crippen LogP contribution in [0.25, 0.3) is 0 Å². The Bertz CT molecular complexity index is 377. The van der Waals surface area contributed by atoms with E-state index in [4.69, 9.17) is 4.74 Å². The van der Waals surface area contributed by atoms with Gasteiger partial charge in [-0.25, -0.2) is 4.79 Å². The van der Waals surface area contributed by atoms with E-state index in [0.717, 1.165) is 16.7 Å². The van der Waals surface area contributed by atoms with Crippen LogP contribution < -0.4 is 0 Å². The molecule has 0 aliphatic carbocycles. The van der Waals surface area contributed by atoms with Crippen LogP contribution in [0.4, 0.5) is 0 Å². The van der Waals surface area contributed by atoms with Crippen LogP contribution in [-0.2, 0) is 16.0 Å². The molecule has 14 heavy (non-hydrogen) atoms. The van der Waals surface area contributed by atoms with Crippen LogP contribution >= 0.6 is 0 Å². The first-order valence-corrected chi connectivity index (χ1v) is 4.67. The molecule has 1 aliphatic rings. The third kappa shape index (κ3) is 1.69. The molecule has 1 aliphatic heterocycles. The summed E-state index contributed by atoms with van der Waals surface area (Å²) < 4.78 is 4.94. The predicted octanol–water partition coefficient (Wildman–Crippen LogP) is 2.10. The van der Waals surface area contributed by atoms with E-state index in [2.05, 4.69) is 0 Å².